The Morgan fingerprint density at radius 1 is 1.44 bits per heavy atom. The van der Waals surface area contributed by atoms with Crippen molar-refractivity contribution in [2.75, 3.05) is 7.11 Å². The number of nitrogens with two attached hydrogens (primary N) is 1. The van der Waals surface area contributed by atoms with Crippen molar-refractivity contribution in [1.82, 2.24) is 4.98 Å². The van der Waals surface area contributed by atoms with Gasteiger partial charge in [-0.1, -0.05) is 18.2 Å². The van der Waals surface area contributed by atoms with Crippen molar-refractivity contribution in [3.05, 3.63) is 46.4 Å². The number of methoxy groups -OCH3 is 1. The van der Waals surface area contributed by atoms with Gasteiger partial charge < -0.3 is 10.5 Å². The van der Waals surface area contributed by atoms with E-state index in [0.717, 1.165) is 22.7 Å². The second-order valence-corrected chi connectivity index (χ2v) is 4.46. The average Bonchev–Trinajstić information content (AvgIpc) is 2.81. The molecule has 0 aliphatic carbocycles. The van der Waals surface area contributed by atoms with E-state index in [1.165, 1.54) is 0 Å². The third kappa shape index (κ3) is 2.40. The predicted octanol–water partition coefficient (Wildman–Crippen LogP) is 2.39. The molecule has 2 rings (SSSR count). The van der Waals surface area contributed by atoms with Gasteiger partial charge in [-0.25, -0.2) is 4.98 Å². The molecule has 4 heteroatoms. The zero-order valence-electron chi connectivity index (χ0n) is 9.09. The van der Waals surface area contributed by atoms with Crippen molar-refractivity contribution in [1.29, 1.82) is 0 Å². The molecular formula is C12H14N2OS. The van der Waals surface area contributed by atoms with E-state index in [-0.39, 0.29) is 6.04 Å². The molecule has 0 aliphatic rings. The van der Waals surface area contributed by atoms with E-state index in [1.54, 1.807) is 24.6 Å². The molecule has 2 N–H and O–H groups in total. The highest BCUT2D eigenvalue weighted by molar-refractivity contribution is 7.09. The number of ether oxygens (including phenoxy) is 1. The van der Waals surface area contributed by atoms with Gasteiger partial charge in [0.25, 0.3) is 0 Å². The second-order valence-electron chi connectivity index (χ2n) is 3.48. The van der Waals surface area contributed by atoms with Gasteiger partial charge in [-0.3, -0.25) is 0 Å². The first-order valence-corrected chi connectivity index (χ1v) is 5.96. The van der Waals surface area contributed by atoms with Crippen LogP contribution in [0.2, 0.25) is 0 Å². The van der Waals surface area contributed by atoms with Crippen molar-refractivity contribution < 1.29 is 4.74 Å². The Morgan fingerprint density at radius 3 is 2.94 bits per heavy atom. The second kappa shape index (κ2) is 5.09. The van der Waals surface area contributed by atoms with Crippen LogP contribution in [0.4, 0.5) is 0 Å². The summed E-state index contributed by atoms with van der Waals surface area (Å²) in [7, 11) is 1.66. The average molecular weight is 234 g/mol. The minimum absolute atomic E-state index is 0.0673. The van der Waals surface area contributed by atoms with Crippen LogP contribution in [0.15, 0.2) is 35.8 Å². The lowest BCUT2D eigenvalue weighted by Gasteiger charge is -2.14. The molecule has 3 nitrogen and oxygen atoms in total. The highest BCUT2D eigenvalue weighted by Gasteiger charge is 2.12. The Bertz CT molecular complexity index is 442. The van der Waals surface area contributed by atoms with Gasteiger partial charge in [0.15, 0.2) is 0 Å². The van der Waals surface area contributed by atoms with Gasteiger partial charge in [0.1, 0.15) is 5.75 Å². The van der Waals surface area contributed by atoms with E-state index in [4.69, 9.17) is 10.5 Å². The summed E-state index contributed by atoms with van der Waals surface area (Å²) in [6, 6.07) is 7.77. The molecule has 1 atom stereocenters. The Kier molecular flexibility index (Phi) is 3.54. The van der Waals surface area contributed by atoms with Gasteiger partial charge in [0, 0.05) is 29.6 Å². The van der Waals surface area contributed by atoms with Crippen LogP contribution in [0.25, 0.3) is 0 Å². The van der Waals surface area contributed by atoms with Crippen molar-refractivity contribution in [3.63, 3.8) is 0 Å². The van der Waals surface area contributed by atoms with Crippen molar-refractivity contribution >= 4 is 11.3 Å². The Balaban J connectivity index is 2.17. The molecule has 0 aliphatic heterocycles. The zero-order chi connectivity index (χ0) is 11.4. The molecular weight excluding hydrogens is 220 g/mol. The van der Waals surface area contributed by atoms with E-state index in [2.05, 4.69) is 4.98 Å². The fraction of sp³-hybridized carbons (Fsp3) is 0.250. The van der Waals surface area contributed by atoms with E-state index < -0.39 is 0 Å². The maximum atomic E-state index is 6.15. The first-order valence-electron chi connectivity index (χ1n) is 5.08. The SMILES string of the molecule is COc1ccccc1C(N)Cc1nccs1. The lowest BCUT2D eigenvalue weighted by Crippen LogP contribution is -2.14. The van der Waals surface area contributed by atoms with Crippen LogP contribution >= 0.6 is 11.3 Å². The third-order valence-corrected chi connectivity index (χ3v) is 3.22. The van der Waals surface area contributed by atoms with Crippen molar-refractivity contribution in [3.8, 4) is 5.75 Å². The predicted molar refractivity (Wildman–Crippen MR) is 65.7 cm³/mol. The third-order valence-electron chi connectivity index (χ3n) is 2.42. The smallest absolute Gasteiger partial charge is 0.123 e. The molecule has 84 valence electrons. The molecule has 0 spiro atoms. The van der Waals surface area contributed by atoms with Crippen LogP contribution in [0.5, 0.6) is 5.75 Å². The summed E-state index contributed by atoms with van der Waals surface area (Å²) < 4.78 is 5.29. The fourth-order valence-corrected chi connectivity index (χ4v) is 2.30. The summed E-state index contributed by atoms with van der Waals surface area (Å²) in [4.78, 5) is 4.23. The van der Waals surface area contributed by atoms with Crippen LogP contribution in [0, 0.1) is 0 Å². The molecule has 16 heavy (non-hydrogen) atoms. The number of thiazole rings is 1. The summed E-state index contributed by atoms with van der Waals surface area (Å²) in [5, 5.41) is 3.02. The van der Waals surface area contributed by atoms with E-state index >= 15 is 0 Å². The normalized spacial score (nSPS) is 12.4. The van der Waals surface area contributed by atoms with Crippen LogP contribution in [-0.4, -0.2) is 12.1 Å². The molecule has 0 saturated heterocycles. The first kappa shape index (κ1) is 11.1. The Hall–Kier alpha value is -1.39. The molecule has 0 bridgehead atoms. The highest BCUT2D eigenvalue weighted by Crippen LogP contribution is 2.25. The van der Waals surface area contributed by atoms with E-state index in [1.807, 2.05) is 29.6 Å². The Labute approximate surface area is 98.9 Å². The number of rotatable bonds is 4. The Morgan fingerprint density at radius 2 is 2.25 bits per heavy atom. The van der Waals surface area contributed by atoms with Crippen LogP contribution < -0.4 is 10.5 Å². The maximum absolute atomic E-state index is 6.15. The topological polar surface area (TPSA) is 48.1 Å². The van der Waals surface area contributed by atoms with Crippen LogP contribution in [-0.2, 0) is 6.42 Å². The molecule has 2 aromatic rings. The monoisotopic (exact) mass is 234 g/mol. The summed E-state index contributed by atoms with van der Waals surface area (Å²) >= 11 is 1.63. The number of nitrogens with zero attached hydrogens (tertiary/aromatic N) is 1. The molecule has 0 radical (unpaired) electrons. The van der Waals surface area contributed by atoms with Crippen LogP contribution in [0.1, 0.15) is 16.6 Å². The summed E-state index contributed by atoms with van der Waals surface area (Å²) in [6.45, 7) is 0. The first-order chi connectivity index (χ1) is 7.81. The molecule has 1 aromatic heterocycles. The van der Waals surface area contributed by atoms with Crippen LogP contribution in [0.3, 0.4) is 0 Å². The minimum atomic E-state index is -0.0673. The van der Waals surface area contributed by atoms with E-state index in [9.17, 15) is 0 Å². The van der Waals surface area contributed by atoms with Gasteiger partial charge in [-0.05, 0) is 6.07 Å². The molecule has 1 heterocycles. The fourth-order valence-electron chi connectivity index (χ4n) is 1.62. The molecule has 0 amide bonds. The number of para-hydroxylation sites is 1. The summed E-state index contributed by atoms with van der Waals surface area (Å²) in [5.41, 5.74) is 7.18. The minimum Gasteiger partial charge on any atom is -0.496 e. The van der Waals surface area contributed by atoms with Gasteiger partial charge in [-0.15, -0.1) is 11.3 Å². The van der Waals surface area contributed by atoms with E-state index in [0.29, 0.717) is 0 Å². The number of benzene rings is 1. The lowest BCUT2D eigenvalue weighted by molar-refractivity contribution is 0.405. The lowest BCUT2D eigenvalue weighted by atomic mass is 10.0. The summed E-state index contributed by atoms with van der Waals surface area (Å²) in [6.07, 6.45) is 2.55. The molecule has 1 aromatic carbocycles. The van der Waals surface area contributed by atoms with Crippen molar-refractivity contribution in [2.24, 2.45) is 5.73 Å². The van der Waals surface area contributed by atoms with Gasteiger partial charge in [0.2, 0.25) is 0 Å². The molecule has 0 saturated carbocycles. The number of aromatic nitrogens is 1. The largest absolute Gasteiger partial charge is 0.496 e. The standard InChI is InChI=1S/C12H14N2OS/c1-15-11-5-3-2-4-9(11)10(13)8-12-14-6-7-16-12/h2-7,10H,8,13H2,1H3. The highest BCUT2D eigenvalue weighted by atomic mass is 32.1. The van der Waals surface area contributed by atoms with Gasteiger partial charge >= 0.3 is 0 Å². The summed E-state index contributed by atoms with van der Waals surface area (Å²) in [5.74, 6) is 0.839. The molecule has 0 fully saturated rings. The zero-order valence-corrected chi connectivity index (χ0v) is 9.91. The quantitative estimate of drug-likeness (QED) is 0.883. The maximum Gasteiger partial charge on any atom is 0.123 e. The van der Waals surface area contributed by atoms with Crippen molar-refractivity contribution in [2.45, 2.75) is 12.5 Å². The molecule has 1 unspecified atom stereocenters. The number of hydrogen-bond donors (Lipinski definition) is 1. The van der Waals surface area contributed by atoms with Gasteiger partial charge in [-0.2, -0.15) is 0 Å². The van der Waals surface area contributed by atoms with Gasteiger partial charge in [0.05, 0.1) is 12.1 Å². The number of hydrogen-bond acceptors (Lipinski definition) is 4.